The van der Waals surface area contributed by atoms with E-state index in [4.69, 9.17) is 0 Å². The smallest absolute Gasteiger partial charge is 0.136 e. The molecule has 4 unspecified atom stereocenters. The number of Topliss-reactive ketones (excluding diaryl/α,β-unsaturated/α-hetero) is 1. The Morgan fingerprint density at radius 3 is 2.47 bits per heavy atom. The molecule has 1 nitrogen and oxygen atoms in total. The Morgan fingerprint density at radius 2 is 2.05 bits per heavy atom. The molecular weight excluding hydrogens is 248 g/mol. The van der Waals surface area contributed by atoms with Crippen LogP contribution in [-0.4, -0.2) is 13.9 Å². The van der Waals surface area contributed by atoms with Crippen molar-refractivity contribution in [1.82, 2.24) is 0 Å². The highest BCUT2D eigenvalue weighted by Gasteiger charge is 2.38. The minimum absolute atomic E-state index is 0.190. The minimum Gasteiger partial charge on any atom is -0.299 e. The van der Waals surface area contributed by atoms with Gasteiger partial charge in [0.05, 0.1) is 0 Å². The van der Waals surface area contributed by atoms with E-state index >= 15 is 0 Å². The fraction of sp³-hybridized carbons (Fsp3) is 0.706. The van der Waals surface area contributed by atoms with Gasteiger partial charge in [-0.2, -0.15) is 0 Å². The van der Waals surface area contributed by atoms with E-state index in [0.717, 1.165) is 6.42 Å². The van der Waals surface area contributed by atoms with Crippen LogP contribution >= 0.6 is 0 Å². The molecule has 0 N–H and O–H groups in total. The van der Waals surface area contributed by atoms with Gasteiger partial charge < -0.3 is 0 Å². The largest absolute Gasteiger partial charge is 0.299 e. The van der Waals surface area contributed by atoms with Crippen LogP contribution in [0.5, 0.6) is 0 Å². The second-order valence-corrected chi connectivity index (χ2v) is 13.1. The molecule has 2 heteroatoms. The van der Waals surface area contributed by atoms with E-state index in [1.165, 1.54) is 11.6 Å². The summed E-state index contributed by atoms with van der Waals surface area (Å²) in [6, 6.07) is 1.24. The third kappa shape index (κ3) is 4.45. The Kier molecular flexibility index (Phi) is 5.37. The standard InChI is InChI=1S/C17H30OSi/c1-8-14(11-19(5,6)7)16-9-15(12(2)3)10-17(18)13(16)4/h8,13-16H,1-2,9-11H2,3-7H3. The first-order chi connectivity index (χ1) is 8.65. The Bertz CT molecular complexity index is 364. The molecule has 1 aliphatic carbocycles. The summed E-state index contributed by atoms with van der Waals surface area (Å²) >= 11 is 0. The normalized spacial score (nSPS) is 29.9. The van der Waals surface area contributed by atoms with Crippen molar-refractivity contribution in [3.05, 3.63) is 24.8 Å². The van der Waals surface area contributed by atoms with Crippen LogP contribution in [0, 0.1) is 23.7 Å². The van der Waals surface area contributed by atoms with Crippen LogP contribution in [0.4, 0.5) is 0 Å². The SMILES string of the molecule is C=CC(C[Si](C)(C)C)C1CC(C(=C)C)CC(=O)C1C. The summed E-state index contributed by atoms with van der Waals surface area (Å²) in [5.41, 5.74) is 1.17. The van der Waals surface area contributed by atoms with Crippen molar-refractivity contribution in [1.29, 1.82) is 0 Å². The zero-order chi connectivity index (χ0) is 14.8. The lowest BCUT2D eigenvalue weighted by Gasteiger charge is -2.39. The summed E-state index contributed by atoms with van der Waals surface area (Å²) < 4.78 is 0. The maximum Gasteiger partial charge on any atom is 0.136 e. The van der Waals surface area contributed by atoms with Crippen LogP contribution in [0.15, 0.2) is 24.8 Å². The molecule has 0 heterocycles. The van der Waals surface area contributed by atoms with Gasteiger partial charge in [-0.05, 0) is 31.1 Å². The Morgan fingerprint density at radius 1 is 1.47 bits per heavy atom. The number of rotatable bonds is 5. The molecule has 0 aromatic carbocycles. The van der Waals surface area contributed by atoms with Crippen LogP contribution in [0.1, 0.15) is 26.7 Å². The van der Waals surface area contributed by atoms with E-state index in [9.17, 15) is 4.79 Å². The van der Waals surface area contributed by atoms with Crippen LogP contribution in [0.3, 0.4) is 0 Å². The Labute approximate surface area is 120 Å². The number of carbonyl (C=O) groups is 1. The highest BCUT2D eigenvalue weighted by molar-refractivity contribution is 6.76. The number of ketones is 1. The van der Waals surface area contributed by atoms with Crippen molar-refractivity contribution in [2.24, 2.45) is 23.7 Å². The van der Waals surface area contributed by atoms with Gasteiger partial charge in [0, 0.05) is 20.4 Å². The zero-order valence-corrected chi connectivity index (χ0v) is 14.3. The number of allylic oxidation sites excluding steroid dienone is 2. The van der Waals surface area contributed by atoms with Gasteiger partial charge in [-0.15, -0.1) is 6.58 Å². The third-order valence-corrected chi connectivity index (χ3v) is 6.25. The van der Waals surface area contributed by atoms with Crippen molar-refractivity contribution in [2.45, 2.75) is 52.4 Å². The lowest BCUT2D eigenvalue weighted by atomic mass is 9.67. The van der Waals surface area contributed by atoms with Crippen molar-refractivity contribution >= 4 is 13.9 Å². The first-order valence-corrected chi connectivity index (χ1v) is 11.2. The van der Waals surface area contributed by atoms with Gasteiger partial charge >= 0.3 is 0 Å². The maximum absolute atomic E-state index is 12.2. The van der Waals surface area contributed by atoms with Gasteiger partial charge in [-0.3, -0.25) is 4.79 Å². The fourth-order valence-electron chi connectivity index (χ4n) is 3.32. The summed E-state index contributed by atoms with van der Waals surface area (Å²) in [6.45, 7) is 19.5. The summed E-state index contributed by atoms with van der Waals surface area (Å²) in [7, 11) is -1.13. The monoisotopic (exact) mass is 278 g/mol. The average molecular weight is 279 g/mol. The van der Waals surface area contributed by atoms with Crippen molar-refractivity contribution in [3.63, 3.8) is 0 Å². The number of hydrogen-bond donors (Lipinski definition) is 0. The van der Waals surface area contributed by atoms with Crippen LogP contribution < -0.4 is 0 Å². The topological polar surface area (TPSA) is 17.1 Å². The molecule has 0 radical (unpaired) electrons. The first kappa shape index (κ1) is 16.4. The molecule has 1 aliphatic rings. The molecule has 1 saturated carbocycles. The third-order valence-electron chi connectivity index (χ3n) is 4.55. The summed E-state index contributed by atoms with van der Waals surface area (Å²) in [6.07, 6.45) is 3.92. The molecule has 0 bridgehead atoms. The molecular formula is C17H30OSi. The van der Waals surface area contributed by atoms with E-state index in [0.29, 0.717) is 30.0 Å². The summed E-state index contributed by atoms with van der Waals surface area (Å²) in [4.78, 5) is 12.2. The van der Waals surface area contributed by atoms with Gasteiger partial charge in [-0.25, -0.2) is 0 Å². The Balaban J connectivity index is 2.90. The van der Waals surface area contributed by atoms with E-state index < -0.39 is 8.07 Å². The van der Waals surface area contributed by atoms with Crippen LogP contribution in [0.2, 0.25) is 25.7 Å². The molecule has 0 spiro atoms. The molecule has 0 aromatic heterocycles. The van der Waals surface area contributed by atoms with Crippen molar-refractivity contribution in [2.75, 3.05) is 0 Å². The van der Waals surface area contributed by atoms with Crippen LogP contribution in [-0.2, 0) is 4.79 Å². The van der Waals surface area contributed by atoms with Crippen molar-refractivity contribution < 1.29 is 4.79 Å². The molecule has 1 rings (SSSR count). The molecule has 1 fully saturated rings. The lowest BCUT2D eigenvalue weighted by Crippen LogP contribution is -2.38. The van der Waals surface area contributed by atoms with E-state index in [1.807, 2.05) is 0 Å². The highest BCUT2D eigenvalue weighted by atomic mass is 28.3. The van der Waals surface area contributed by atoms with E-state index in [-0.39, 0.29) is 5.92 Å². The lowest BCUT2D eigenvalue weighted by molar-refractivity contribution is -0.127. The number of hydrogen-bond acceptors (Lipinski definition) is 1. The molecule has 4 atom stereocenters. The fourth-order valence-corrected chi connectivity index (χ4v) is 5.20. The Hall–Kier alpha value is -0.633. The first-order valence-electron chi connectivity index (χ1n) is 7.46. The molecule has 0 aromatic rings. The van der Waals surface area contributed by atoms with E-state index in [2.05, 4.69) is 52.7 Å². The quantitative estimate of drug-likeness (QED) is 0.514. The maximum atomic E-state index is 12.2. The zero-order valence-electron chi connectivity index (χ0n) is 13.3. The summed E-state index contributed by atoms with van der Waals surface area (Å²) in [5.74, 6) is 1.96. The molecule has 0 aliphatic heterocycles. The molecule has 108 valence electrons. The van der Waals surface area contributed by atoms with Gasteiger partial charge in [0.2, 0.25) is 0 Å². The molecule has 0 amide bonds. The second-order valence-electron chi connectivity index (χ2n) is 7.57. The van der Waals surface area contributed by atoms with E-state index in [1.54, 1.807) is 0 Å². The molecule has 19 heavy (non-hydrogen) atoms. The van der Waals surface area contributed by atoms with Gasteiger partial charge in [0.25, 0.3) is 0 Å². The predicted molar refractivity (Wildman–Crippen MR) is 87.0 cm³/mol. The van der Waals surface area contributed by atoms with Crippen LogP contribution in [0.25, 0.3) is 0 Å². The number of carbonyl (C=O) groups excluding carboxylic acids is 1. The average Bonchev–Trinajstić information content (AvgIpc) is 2.28. The minimum atomic E-state index is -1.13. The highest BCUT2D eigenvalue weighted by Crippen LogP contribution is 2.41. The predicted octanol–water partition coefficient (Wildman–Crippen LogP) is 4.93. The van der Waals surface area contributed by atoms with Crippen molar-refractivity contribution in [3.8, 4) is 0 Å². The molecule has 0 saturated heterocycles. The van der Waals surface area contributed by atoms with Gasteiger partial charge in [0.15, 0.2) is 0 Å². The summed E-state index contributed by atoms with van der Waals surface area (Å²) in [5, 5.41) is 0. The van der Waals surface area contributed by atoms with Gasteiger partial charge in [-0.1, -0.05) is 50.8 Å². The second kappa shape index (κ2) is 6.21. The van der Waals surface area contributed by atoms with Gasteiger partial charge in [0.1, 0.15) is 5.78 Å².